The Morgan fingerprint density at radius 3 is 2.06 bits per heavy atom. The van der Waals surface area contributed by atoms with E-state index >= 15 is 0 Å². The third-order valence-electron chi connectivity index (χ3n) is 6.21. The molecule has 4 rings (SSSR count). The molecule has 2 heterocycles. The molecule has 0 fully saturated rings. The fourth-order valence-electron chi connectivity index (χ4n) is 4.28. The number of carboxylic acid groups (broad SMARTS) is 1. The maximum absolute atomic E-state index is 13.0. The summed E-state index contributed by atoms with van der Waals surface area (Å²) in [4.78, 5) is 48.0. The molecular formula is C31H34Cl2N6O8S. The van der Waals surface area contributed by atoms with Crippen LogP contribution in [0.4, 0.5) is 26.0 Å². The molecule has 3 amide bonds. The fourth-order valence-corrected chi connectivity index (χ4v) is 6.05. The molecule has 0 radical (unpaired) electrons. The molecule has 256 valence electrons. The molecule has 2 N–H and O–H groups in total. The number of carbonyl (C=O) groups excluding carboxylic acids is 2. The second-order valence-electron chi connectivity index (χ2n) is 12.4. The topological polar surface area (TPSA) is 173 Å². The van der Waals surface area contributed by atoms with Gasteiger partial charge in [-0.25, -0.2) is 37.6 Å². The molecule has 0 aliphatic heterocycles. The van der Waals surface area contributed by atoms with Crippen LogP contribution < -0.4 is 9.62 Å². The van der Waals surface area contributed by atoms with Crippen LogP contribution >= 0.6 is 23.2 Å². The zero-order valence-corrected chi connectivity index (χ0v) is 29.2. The minimum atomic E-state index is -4.01. The molecule has 0 unspecified atom stereocenters. The lowest BCUT2D eigenvalue weighted by Crippen LogP contribution is -2.47. The predicted octanol–water partition coefficient (Wildman–Crippen LogP) is 7.18. The third kappa shape index (κ3) is 9.27. The van der Waals surface area contributed by atoms with Gasteiger partial charge in [0.25, 0.3) is 10.0 Å². The van der Waals surface area contributed by atoms with E-state index < -0.39 is 52.6 Å². The van der Waals surface area contributed by atoms with Crippen LogP contribution in [0.1, 0.15) is 41.5 Å². The lowest BCUT2D eigenvalue weighted by Gasteiger charge is -2.29. The number of halogens is 2. The number of rotatable bonds is 8. The summed E-state index contributed by atoms with van der Waals surface area (Å²) >= 11 is 12.0. The van der Waals surface area contributed by atoms with Crippen molar-refractivity contribution in [3.05, 3.63) is 71.0 Å². The van der Waals surface area contributed by atoms with Crippen molar-refractivity contribution in [1.82, 2.24) is 19.4 Å². The SMILES string of the molecule is CC(C)(C)OC(=O)N(CCN(C(=O)O)c1nccc(-n2ccc3cc(NS(=O)(=O)c4cc(Cl)cc(Cl)c4)ccc32)n1)C(=O)OC(C)(C)C. The Balaban J connectivity index is 1.58. The Morgan fingerprint density at radius 1 is 0.896 bits per heavy atom. The summed E-state index contributed by atoms with van der Waals surface area (Å²) in [6.07, 6.45) is -0.417. The number of sulfonamides is 1. The number of benzene rings is 2. The van der Waals surface area contributed by atoms with Crippen LogP contribution in [0.2, 0.25) is 10.0 Å². The number of carbonyl (C=O) groups is 3. The highest BCUT2D eigenvalue weighted by atomic mass is 35.5. The van der Waals surface area contributed by atoms with Gasteiger partial charge in [-0.1, -0.05) is 23.2 Å². The maximum Gasteiger partial charge on any atom is 0.419 e. The van der Waals surface area contributed by atoms with Crippen molar-refractivity contribution in [2.45, 2.75) is 57.6 Å². The highest BCUT2D eigenvalue weighted by molar-refractivity contribution is 7.92. The second-order valence-corrected chi connectivity index (χ2v) is 15.0. The first kappa shape index (κ1) is 36.2. The first-order valence-corrected chi connectivity index (χ1v) is 16.6. The monoisotopic (exact) mass is 720 g/mol. The number of hydrogen-bond donors (Lipinski definition) is 2. The summed E-state index contributed by atoms with van der Waals surface area (Å²) in [5.41, 5.74) is -0.972. The van der Waals surface area contributed by atoms with Crippen molar-refractivity contribution in [2.24, 2.45) is 0 Å². The second kappa shape index (κ2) is 13.9. The van der Waals surface area contributed by atoms with E-state index in [0.717, 1.165) is 4.90 Å². The number of amides is 3. The van der Waals surface area contributed by atoms with Gasteiger partial charge in [-0.2, -0.15) is 4.98 Å². The third-order valence-corrected chi connectivity index (χ3v) is 8.01. The largest absolute Gasteiger partial charge is 0.465 e. The molecule has 48 heavy (non-hydrogen) atoms. The first-order valence-electron chi connectivity index (χ1n) is 14.4. The molecule has 0 aliphatic carbocycles. The maximum atomic E-state index is 13.0. The summed E-state index contributed by atoms with van der Waals surface area (Å²) in [6, 6.07) is 12.1. The van der Waals surface area contributed by atoms with Crippen molar-refractivity contribution < 1.29 is 37.4 Å². The number of nitrogens with one attached hydrogen (secondary N) is 1. The van der Waals surface area contributed by atoms with Gasteiger partial charge in [-0.3, -0.25) is 4.72 Å². The Bertz CT molecular complexity index is 1920. The molecule has 2 aromatic carbocycles. The Morgan fingerprint density at radius 2 is 1.50 bits per heavy atom. The van der Waals surface area contributed by atoms with Crippen molar-refractivity contribution in [3.63, 3.8) is 0 Å². The summed E-state index contributed by atoms with van der Waals surface area (Å²) < 4.78 is 40.8. The Kier molecular flexibility index (Phi) is 10.5. The van der Waals surface area contributed by atoms with Crippen molar-refractivity contribution in [3.8, 4) is 5.82 Å². The van der Waals surface area contributed by atoms with Crippen LogP contribution in [0.25, 0.3) is 16.7 Å². The summed E-state index contributed by atoms with van der Waals surface area (Å²) in [7, 11) is -4.01. The molecule has 2 aromatic heterocycles. The van der Waals surface area contributed by atoms with E-state index in [9.17, 15) is 27.9 Å². The van der Waals surface area contributed by atoms with Crippen molar-refractivity contribution in [1.29, 1.82) is 0 Å². The lowest BCUT2D eigenvalue weighted by atomic mass is 10.2. The molecule has 0 spiro atoms. The van der Waals surface area contributed by atoms with E-state index in [4.69, 9.17) is 32.7 Å². The van der Waals surface area contributed by atoms with Crippen LogP contribution in [0, 0.1) is 0 Å². The van der Waals surface area contributed by atoms with E-state index in [2.05, 4.69) is 14.7 Å². The van der Waals surface area contributed by atoms with Gasteiger partial charge in [0.15, 0.2) is 0 Å². The summed E-state index contributed by atoms with van der Waals surface area (Å²) in [6.45, 7) is 8.95. The lowest BCUT2D eigenvalue weighted by molar-refractivity contribution is 0.00192. The minimum Gasteiger partial charge on any atom is -0.465 e. The number of nitrogens with zero attached hydrogens (tertiary/aromatic N) is 5. The number of ether oxygens (including phenoxy) is 2. The van der Waals surface area contributed by atoms with E-state index in [-0.39, 0.29) is 26.6 Å². The van der Waals surface area contributed by atoms with Crippen molar-refractivity contribution >= 4 is 74.0 Å². The molecule has 14 nitrogen and oxygen atoms in total. The van der Waals surface area contributed by atoms with Gasteiger partial charge in [0.1, 0.15) is 17.0 Å². The van der Waals surface area contributed by atoms with Crippen LogP contribution in [-0.2, 0) is 19.5 Å². The number of anilines is 2. The zero-order valence-electron chi connectivity index (χ0n) is 26.9. The molecule has 0 aliphatic rings. The van der Waals surface area contributed by atoms with Gasteiger partial charge in [-0.05, 0) is 90.1 Å². The van der Waals surface area contributed by atoms with E-state index in [1.54, 1.807) is 82.6 Å². The van der Waals surface area contributed by atoms with Gasteiger partial charge in [-0.15, -0.1) is 0 Å². The zero-order chi connectivity index (χ0) is 35.6. The van der Waals surface area contributed by atoms with E-state index in [1.807, 2.05) is 0 Å². The van der Waals surface area contributed by atoms with Gasteiger partial charge < -0.3 is 19.1 Å². The highest BCUT2D eigenvalue weighted by Gasteiger charge is 2.32. The number of hydrogen-bond acceptors (Lipinski definition) is 9. The van der Waals surface area contributed by atoms with Gasteiger partial charge >= 0.3 is 18.3 Å². The number of aromatic nitrogens is 3. The summed E-state index contributed by atoms with van der Waals surface area (Å²) in [5.74, 6) is 0.0685. The van der Waals surface area contributed by atoms with Crippen LogP contribution in [0.5, 0.6) is 0 Å². The molecule has 0 atom stereocenters. The molecule has 17 heteroatoms. The Labute approximate surface area is 287 Å². The van der Waals surface area contributed by atoms with Crippen LogP contribution in [0.3, 0.4) is 0 Å². The van der Waals surface area contributed by atoms with E-state index in [0.29, 0.717) is 21.6 Å². The molecule has 0 bridgehead atoms. The Hall–Kier alpha value is -4.60. The molecule has 4 aromatic rings. The van der Waals surface area contributed by atoms with Gasteiger partial charge in [0.2, 0.25) is 5.95 Å². The number of fused-ring (bicyclic) bond motifs is 1. The minimum absolute atomic E-state index is 0.102. The normalized spacial score (nSPS) is 12.0. The average molecular weight is 722 g/mol. The molecular weight excluding hydrogens is 687 g/mol. The van der Waals surface area contributed by atoms with Gasteiger partial charge in [0, 0.05) is 33.5 Å². The van der Waals surface area contributed by atoms with Crippen molar-refractivity contribution in [2.75, 3.05) is 22.7 Å². The summed E-state index contributed by atoms with van der Waals surface area (Å²) in [5, 5.41) is 11.0. The molecule has 0 saturated carbocycles. The fraction of sp³-hybridized carbons (Fsp3) is 0.323. The smallest absolute Gasteiger partial charge is 0.419 e. The van der Waals surface area contributed by atoms with Crippen LogP contribution in [-0.4, -0.2) is 75.5 Å². The quantitative estimate of drug-likeness (QED) is 0.190. The van der Waals surface area contributed by atoms with Gasteiger partial charge in [0.05, 0.1) is 23.5 Å². The average Bonchev–Trinajstić information content (AvgIpc) is 3.36. The first-order chi connectivity index (χ1) is 22.2. The van der Waals surface area contributed by atoms with E-state index in [1.165, 1.54) is 24.4 Å². The van der Waals surface area contributed by atoms with Crippen LogP contribution in [0.15, 0.2) is 65.8 Å². The highest BCUT2D eigenvalue weighted by Crippen LogP contribution is 2.27. The number of imide groups is 1. The predicted molar refractivity (Wildman–Crippen MR) is 181 cm³/mol. The standard InChI is InChI=1S/C31H34Cl2N6O8S/c1-30(2,3)46-28(42)39(29(43)47-31(4,5)6)14-13-38(27(40)41)26-34-11-9-25(35-26)37-12-10-19-15-22(7-8-24(19)37)36-48(44,45)23-17-20(32)16-21(33)18-23/h7-12,15-18,36H,13-14H2,1-6H3,(H,40,41). The molecule has 0 saturated heterocycles.